The zero-order valence-corrected chi connectivity index (χ0v) is 15.4. The largest absolute Gasteiger partial charge is 0.456 e. The minimum absolute atomic E-state index is 0.0318. The van der Waals surface area contributed by atoms with Crippen molar-refractivity contribution in [3.05, 3.63) is 53.3 Å². The van der Waals surface area contributed by atoms with Gasteiger partial charge < -0.3 is 14.4 Å². The number of anilines is 1. The van der Waals surface area contributed by atoms with Crippen LogP contribution in [0.2, 0.25) is 0 Å². The van der Waals surface area contributed by atoms with Crippen LogP contribution in [0.25, 0.3) is 0 Å². The van der Waals surface area contributed by atoms with E-state index in [1.807, 2.05) is 31.3 Å². The van der Waals surface area contributed by atoms with Gasteiger partial charge in [-0.2, -0.15) is 5.26 Å². The molecular formula is C20H24N2O3. The number of allylic oxidation sites excluding steroid dienone is 3. The second-order valence-corrected chi connectivity index (χ2v) is 6.62. The van der Waals surface area contributed by atoms with Crippen LogP contribution >= 0.6 is 0 Å². The lowest BCUT2D eigenvalue weighted by atomic mass is 9.83. The van der Waals surface area contributed by atoms with E-state index in [0.29, 0.717) is 0 Å². The highest BCUT2D eigenvalue weighted by molar-refractivity contribution is 5.93. The molecule has 0 spiro atoms. The summed E-state index contributed by atoms with van der Waals surface area (Å²) in [4.78, 5) is 14.2. The van der Waals surface area contributed by atoms with E-state index >= 15 is 0 Å². The van der Waals surface area contributed by atoms with Gasteiger partial charge >= 0.3 is 5.97 Å². The maximum absolute atomic E-state index is 12.1. The zero-order valence-electron chi connectivity index (χ0n) is 15.4. The first-order valence-corrected chi connectivity index (χ1v) is 8.18. The molecule has 5 heteroatoms. The van der Waals surface area contributed by atoms with Gasteiger partial charge in [0.15, 0.2) is 0 Å². The Balaban J connectivity index is 2.29. The molecule has 132 valence electrons. The van der Waals surface area contributed by atoms with Crippen molar-refractivity contribution in [2.75, 3.05) is 25.7 Å². The summed E-state index contributed by atoms with van der Waals surface area (Å²) >= 11 is 0. The average Bonchev–Trinajstić information content (AvgIpc) is 2.76. The second kappa shape index (κ2) is 7.54. The zero-order chi connectivity index (χ0) is 18.6. The molecule has 1 aliphatic rings. The normalized spacial score (nSPS) is 18.6. The van der Waals surface area contributed by atoms with E-state index in [1.165, 1.54) is 18.7 Å². The molecule has 0 aromatic heterocycles. The number of nitrogens with zero attached hydrogens (tertiary/aromatic N) is 2. The summed E-state index contributed by atoms with van der Waals surface area (Å²) in [6.45, 7) is 6.26. The quantitative estimate of drug-likeness (QED) is 0.467. The molecule has 1 aromatic rings. The number of ether oxygens (including phenoxy) is 2. The van der Waals surface area contributed by atoms with Crippen molar-refractivity contribution < 1.29 is 14.3 Å². The minimum atomic E-state index is -0.639. The number of hydrogen-bond acceptors (Lipinski definition) is 5. The van der Waals surface area contributed by atoms with Gasteiger partial charge in [-0.3, -0.25) is 0 Å². The molecule has 1 heterocycles. The van der Waals surface area contributed by atoms with Gasteiger partial charge in [0.1, 0.15) is 17.7 Å². The van der Waals surface area contributed by atoms with Gasteiger partial charge in [-0.1, -0.05) is 32.0 Å². The first-order valence-electron chi connectivity index (χ1n) is 8.18. The second-order valence-electron chi connectivity index (χ2n) is 6.62. The predicted octanol–water partition coefficient (Wildman–Crippen LogP) is 3.33. The molecule has 0 saturated heterocycles. The number of methoxy groups -OCH3 is 1. The maximum Gasteiger partial charge on any atom is 0.349 e. The smallest absolute Gasteiger partial charge is 0.349 e. The first-order chi connectivity index (χ1) is 11.8. The number of esters is 1. The van der Waals surface area contributed by atoms with Crippen molar-refractivity contribution in [2.24, 2.45) is 0 Å². The maximum atomic E-state index is 12.1. The minimum Gasteiger partial charge on any atom is -0.456 e. The molecule has 5 nitrogen and oxygen atoms in total. The molecular weight excluding hydrogens is 316 g/mol. The van der Waals surface area contributed by atoms with Crippen molar-refractivity contribution in [1.29, 1.82) is 5.26 Å². The average molecular weight is 340 g/mol. The number of likely N-dealkylation sites (N-methyl/N-ethyl adjacent to an activating group) is 1. The van der Waals surface area contributed by atoms with E-state index in [2.05, 4.69) is 30.9 Å². The molecule has 0 bridgehead atoms. The van der Waals surface area contributed by atoms with E-state index in [1.54, 1.807) is 6.92 Å². The number of para-hydroxylation sites is 1. The van der Waals surface area contributed by atoms with Crippen LogP contribution in [0.3, 0.4) is 0 Å². The van der Waals surface area contributed by atoms with E-state index in [0.717, 1.165) is 11.4 Å². The predicted molar refractivity (Wildman–Crippen MR) is 97.1 cm³/mol. The third-order valence-corrected chi connectivity index (χ3v) is 4.40. The number of fused-ring (bicyclic) bond motifs is 1. The molecule has 1 aliphatic heterocycles. The van der Waals surface area contributed by atoms with Crippen LogP contribution in [0, 0.1) is 11.3 Å². The summed E-state index contributed by atoms with van der Waals surface area (Å²) in [6, 6.07) is 10.1. The lowest BCUT2D eigenvalue weighted by molar-refractivity contribution is -0.145. The Morgan fingerprint density at radius 3 is 2.68 bits per heavy atom. The van der Waals surface area contributed by atoms with Gasteiger partial charge in [0.2, 0.25) is 0 Å². The Bertz CT molecular complexity index is 756. The third kappa shape index (κ3) is 3.75. The molecule has 0 amide bonds. The number of benzene rings is 1. The van der Waals surface area contributed by atoms with E-state index < -0.39 is 12.1 Å². The Kier molecular flexibility index (Phi) is 5.66. The van der Waals surface area contributed by atoms with Crippen LogP contribution in [0.15, 0.2) is 47.7 Å². The molecule has 0 saturated carbocycles. The van der Waals surface area contributed by atoms with E-state index in [-0.39, 0.29) is 17.6 Å². The van der Waals surface area contributed by atoms with Gasteiger partial charge in [0.25, 0.3) is 0 Å². The number of hydrogen-bond donors (Lipinski definition) is 0. The highest BCUT2D eigenvalue weighted by atomic mass is 16.6. The fourth-order valence-corrected chi connectivity index (χ4v) is 3.13. The van der Waals surface area contributed by atoms with Gasteiger partial charge in [-0.25, -0.2) is 4.79 Å². The SMILES string of the molecule is COC[C@H](C)OC(=O)/C(C#N)=C/C=C1/N(C)c2ccccc2C1(C)C. The summed E-state index contributed by atoms with van der Waals surface area (Å²) in [5, 5.41) is 9.29. The third-order valence-electron chi connectivity index (χ3n) is 4.40. The summed E-state index contributed by atoms with van der Waals surface area (Å²) in [7, 11) is 3.52. The highest BCUT2D eigenvalue weighted by Gasteiger charge is 2.37. The Morgan fingerprint density at radius 2 is 2.08 bits per heavy atom. The Labute approximate surface area is 149 Å². The monoisotopic (exact) mass is 340 g/mol. The van der Waals surface area contributed by atoms with Gasteiger partial charge in [0, 0.05) is 31.0 Å². The number of carbonyl (C=O) groups is 1. The number of carbonyl (C=O) groups excluding carboxylic acids is 1. The van der Waals surface area contributed by atoms with Crippen molar-refractivity contribution in [2.45, 2.75) is 32.3 Å². The Hall–Kier alpha value is -2.58. The molecule has 1 atom stereocenters. The standard InChI is InChI=1S/C20H24N2O3/c1-14(13-24-5)25-19(23)15(12-21)10-11-18-20(2,3)16-8-6-7-9-17(16)22(18)4/h6-11,14H,13H2,1-5H3/b15-10+,18-11+/t14-/m0/s1. The van der Waals surface area contributed by atoms with Gasteiger partial charge in [-0.05, 0) is 30.7 Å². The van der Waals surface area contributed by atoms with Crippen LogP contribution in [-0.2, 0) is 19.7 Å². The molecule has 0 fully saturated rings. The van der Waals surface area contributed by atoms with Crippen LogP contribution in [0.1, 0.15) is 26.3 Å². The topological polar surface area (TPSA) is 62.6 Å². The summed E-state index contributed by atoms with van der Waals surface area (Å²) in [5.74, 6) is -0.639. The molecule has 0 radical (unpaired) electrons. The lowest BCUT2D eigenvalue weighted by Crippen LogP contribution is -2.23. The Morgan fingerprint density at radius 1 is 1.40 bits per heavy atom. The van der Waals surface area contributed by atoms with Gasteiger partial charge in [-0.15, -0.1) is 0 Å². The van der Waals surface area contributed by atoms with Crippen LogP contribution in [0.5, 0.6) is 0 Å². The first kappa shape index (κ1) is 18.8. The molecule has 25 heavy (non-hydrogen) atoms. The fraction of sp³-hybridized carbons (Fsp3) is 0.400. The van der Waals surface area contributed by atoms with Gasteiger partial charge in [0.05, 0.1) is 6.61 Å². The van der Waals surface area contributed by atoms with Crippen LogP contribution in [0.4, 0.5) is 5.69 Å². The number of nitriles is 1. The molecule has 1 aromatic carbocycles. The van der Waals surface area contributed by atoms with Crippen molar-refractivity contribution in [3.63, 3.8) is 0 Å². The van der Waals surface area contributed by atoms with E-state index in [4.69, 9.17) is 9.47 Å². The molecule has 0 N–H and O–H groups in total. The number of rotatable bonds is 5. The summed E-state index contributed by atoms with van der Waals surface area (Å²) in [6.07, 6.45) is 2.94. The van der Waals surface area contributed by atoms with Crippen LogP contribution < -0.4 is 4.90 Å². The van der Waals surface area contributed by atoms with Crippen molar-refractivity contribution >= 4 is 11.7 Å². The molecule has 0 aliphatic carbocycles. The lowest BCUT2D eigenvalue weighted by Gasteiger charge is -2.23. The van der Waals surface area contributed by atoms with Crippen LogP contribution in [-0.4, -0.2) is 32.8 Å². The summed E-state index contributed by atoms with van der Waals surface area (Å²) < 4.78 is 10.1. The highest BCUT2D eigenvalue weighted by Crippen LogP contribution is 2.46. The molecule has 0 unspecified atom stereocenters. The summed E-state index contributed by atoms with van der Waals surface area (Å²) in [5.41, 5.74) is 3.11. The fourth-order valence-electron chi connectivity index (χ4n) is 3.13. The van der Waals surface area contributed by atoms with Crippen molar-refractivity contribution in [1.82, 2.24) is 0 Å². The van der Waals surface area contributed by atoms with Crippen molar-refractivity contribution in [3.8, 4) is 6.07 Å². The molecule has 2 rings (SSSR count). The van der Waals surface area contributed by atoms with E-state index in [9.17, 15) is 10.1 Å².